The first-order valence-electron chi connectivity index (χ1n) is 9.45. The number of para-hydroxylation sites is 1. The van der Waals surface area contributed by atoms with E-state index in [1.807, 2.05) is 11.3 Å². The second-order valence-electron chi connectivity index (χ2n) is 7.07. The van der Waals surface area contributed by atoms with Gasteiger partial charge in [-0.3, -0.25) is 0 Å². The average Bonchev–Trinajstić information content (AvgIpc) is 3.37. The Bertz CT molecular complexity index is 1440. The van der Waals surface area contributed by atoms with Crippen LogP contribution in [-0.4, -0.2) is 4.57 Å². The Morgan fingerprint density at radius 3 is 2.18 bits per heavy atom. The van der Waals surface area contributed by atoms with Gasteiger partial charge >= 0.3 is 0 Å². The number of hydrogen-bond donors (Lipinski definition) is 0. The number of benzene rings is 4. The molecule has 0 aliphatic heterocycles. The van der Waals surface area contributed by atoms with Crippen LogP contribution in [0.5, 0.6) is 0 Å². The fourth-order valence-corrected chi connectivity index (χ4v) is 5.11. The van der Waals surface area contributed by atoms with E-state index in [-0.39, 0.29) is 0 Å². The molecule has 0 unspecified atom stereocenters. The third kappa shape index (κ3) is 2.25. The molecule has 0 radical (unpaired) electrons. The molecule has 0 aliphatic rings. The van der Waals surface area contributed by atoms with Gasteiger partial charge < -0.3 is 4.57 Å². The van der Waals surface area contributed by atoms with E-state index in [1.165, 1.54) is 48.7 Å². The second kappa shape index (κ2) is 6.08. The first-order valence-corrected chi connectivity index (χ1v) is 10.3. The van der Waals surface area contributed by atoms with Gasteiger partial charge in [0.2, 0.25) is 0 Å². The third-order valence-electron chi connectivity index (χ3n) is 5.49. The van der Waals surface area contributed by atoms with Crippen LogP contribution >= 0.6 is 11.3 Å². The normalized spacial score (nSPS) is 11.6. The molecule has 132 valence electrons. The SMILES string of the molecule is c1ccc(-c2ccc(-n3c4ccccc4c4ccc5ccsc5c43)cc2)cc1. The van der Waals surface area contributed by atoms with Crippen LogP contribution in [0.25, 0.3) is 48.7 Å². The zero-order valence-electron chi connectivity index (χ0n) is 15.2. The maximum Gasteiger partial charge on any atom is 0.0719 e. The molecule has 6 rings (SSSR count). The molecule has 1 nitrogen and oxygen atoms in total. The van der Waals surface area contributed by atoms with Crippen molar-refractivity contribution in [2.75, 3.05) is 0 Å². The predicted octanol–water partition coefficient (Wildman–Crippen LogP) is 7.67. The highest BCUT2D eigenvalue weighted by molar-refractivity contribution is 7.18. The van der Waals surface area contributed by atoms with Gasteiger partial charge in [0.05, 0.1) is 15.7 Å². The summed E-state index contributed by atoms with van der Waals surface area (Å²) in [6, 6.07) is 34.9. The molecule has 0 aliphatic carbocycles. The van der Waals surface area contributed by atoms with E-state index < -0.39 is 0 Å². The Kier molecular flexibility index (Phi) is 3.40. The van der Waals surface area contributed by atoms with Crippen molar-refractivity contribution in [3.8, 4) is 16.8 Å². The van der Waals surface area contributed by atoms with Gasteiger partial charge in [0, 0.05) is 16.5 Å². The Balaban J connectivity index is 1.66. The van der Waals surface area contributed by atoms with Crippen LogP contribution in [0.3, 0.4) is 0 Å². The molecule has 2 aromatic heterocycles. The van der Waals surface area contributed by atoms with E-state index in [0.29, 0.717) is 0 Å². The van der Waals surface area contributed by atoms with Gasteiger partial charge in [-0.25, -0.2) is 0 Å². The third-order valence-corrected chi connectivity index (χ3v) is 6.42. The summed E-state index contributed by atoms with van der Waals surface area (Å²) in [5.41, 5.74) is 6.25. The number of thiophene rings is 1. The molecule has 0 bridgehead atoms. The van der Waals surface area contributed by atoms with Crippen molar-refractivity contribution in [2.45, 2.75) is 0 Å². The first-order chi connectivity index (χ1) is 13.9. The van der Waals surface area contributed by atoms with E-state index in [0.717, 1.165) is 0 Å². The Hall–Kier alpha value is -3.36. The summed E-state index contributed by atoms with van der Waals surface area (Å²) in [7, 11) is 0. The molecule has 28 heavy (non-hydrogen) atoms. The summed E-state index contributed by atoms with van der Waals surface area (Å²) in [5, 5.41) is 6.12. The number of nitrogens with zero attached hydrogens (tertiary/aromatic N) is 1. The molecule has 0 saturated carbocycles. The lowest BCUT2D eigenvalue weighted by molar-refractivity contribution is 1.19. The quantitative estimate of drug-likeness (QED) is 0.293. The van der Waals surface area contributed by atoms with Crippen molar-refractivity contribution in [3.63, 3.8) is 0 Å². The summed E-state index contributed by atoms with van der Waals surface area (Å²) < 4.78 is 3.76. The highest BCUT2D eigenvalue weighted by Crippen LogP contribution is 2.38. The maximum absolute atomic E-state index is 2.41. The van der Waals surface area contributed by atoms with Crippen LogP contribution in [0.2, 0.25) is 0 Å². The second-order valence-corrected chi connectivity index (χ2v) is 7.98. The molecule has 0 N–H and O–H groups in total. The Labute approximate surface area is 167 Å². The zero-order chi connectivity index (χ0) is 18.5. The van der Waals surface area contributed by atoms with Gasteiger partial charge in [0.15, 0.2) is 0 Å². The fraction of sp³-hybridized carbons (Fsp3) is 0. The van der Waals surface area contributed by atoms with Crippen molar-refractivity contribution in [2.24, 2.45) is 0 Å². The van der Waals surface area contributed by atoms with E-state index in [1.54, 1.807) is 0 Å². The Morgan fingerprint density at radius 1 is 0.571 bits per heavy atom. The van der Waals surface area contributed by atoms with Crippen LogP contribution in [-0.2, 0) is 0 Å². The molecule has 4 aromatic carbocycles. The van der Waals surface area contributed by atoms with Gasteiger partial charge in [-0.05, 0) is 46.2 Å². The van der Waals surface area contributed by atoms with Crippen LogP contribution in [0.1, 0.15) is 0 Å². The Morgan fingerprint density at radius 2 is 1.32 bits per heavy atom. The minimum absolute atomic E-state index is 1.20. The number of hydrogen-bond acceptors (Lipinski definition) is 1. The van der Waals surface area contributed by atoms with E-state index in [4.69, 9.17) is 0 Å². The largest absolute Gasteiger partial charge is 0.308 e. The zero-order valence-corrected chi connectivity index (χ0v) is 16.0. The molecule has 0 spiro atoms. The minimum Gasteiger partial charge on any atom is -0.308 e. The molecule has 0 saturated heterocycles. The standard InChI is InChI=1S/C26H17NS/c1-2-6-18(7-3-1)19-10-13-21(14-11-19)27-24-9-5-4-8-22(24)23-15-12-20-16-17-28-26(20)25(23)27/h1-17H. The van der Waals surface area contributed by atoms with Crippen molar-refractivity contribution < 1.29 is 0 Å². The van der Waals surface area contributed by atoms with Crippen LogP contribution in [0.15, 0.2) is 102 Å². The van der Waals surface area contributed by atoms with E-state index in [9.17, 15) is 0 Å². The molecule has 0 fully saturated rings. The van der Waals surface area contributed by atoms with Crippen molar-refractivity contribution in [1.29, 1.82) is 0 Å². The number of fused-ring (bicyclic) bond motifs is 5. The van der Waals surface area contributed by atoms with Crippen molar-refractivity contribution in [3.05, 3.63) is 102 Å². The van der Waals surface area contributed by atoms with Gasteiger partial charge in [0.25, 0.3) is 0 Å². The molecular weight excluding hydrogens is 358 g/mol. The van der Waals surface area contributed by atoms with E-state index in [2.05, 4.69) is 107 Å². The first kappa shape index (κ1) is 15.7. The minimum atomic E-state index is 1.20. The lowest BCUT2D eigenvalue weighted by atomic mass is 10.1. The summed E-state index contributed by atoms with van der Waals surface area (Å²) >= 11 is 1.82. The lowest BCUT2D eigenvalue weighted by Crippen LogP contribution is -1.93. The molecular formula is C26H17NS. The van der Waals surface area contributed by atoms with Gasteiger partial charge in [-0.1, -0.05) is 72.8 Å². The van der Waals surface area contributed by atoms with Crippen LogP contribution < -0.4 is 0 Å². The average molecular weight is 375 g/mol. The topological polar surface area (TPSA) is 4.93 Å². The highest BCUT2D eigenvalue weighted by Gasteiger charge is 2.15. The highest BCUT2D eigenvalue weighted by atomic mass is 32.1. The number of aromatic nitrogens is 1. The maximum atomic E-state index is 2.41. The fourth-order valence-electron chi connectivity index (χ4n) is 4.18. The van der Waals surface area contributed by atoms with Crippen LogP contribution in [0, 0.1) is 0 Å². The smallest absolute Gasteiger partial charge is 0.0719 e. The lowest BCUT2D eigenvalue weighted by Gasteiger charge is -2.10. The van der Waals surface area contributed by atoms with Gasteiger partial charge in [-0.15, -0.1) is 11.3 Å². The number of rotatable bonds is 2. The van der Waals surface area contributed by atoms with Crippen LogP contribution in [0.4, 0.5) is 0 Å². The molecule has 2 heterocycles. The van der Waals surface area contributed by atoms with E-state index >= 15 is 0 Å². The monoisotopic (exact) mass is 375 g/mol. The summed E-state index contributed by atoms with van der Waals surface area (Å²) in [5.74, 6) is 0. The van der Waals surface area contributed by atoms with Crippen molar-refractivity contribution in [1.82, 2.24) is 4.57 Å². The van der Waals surface area contributed by atoms with Gasteiger partial charge in [0.1, 0.15) is 0 Å². The van der Waals surface area contributed by atoms with Gasteiger partial charge in [-0.2, -0.15) is 0 Å². The molecule has 0 amide bonds. The molecule has 6 aromatic rings. The summed E-state index contributed by atoms with van der Waals surface area (Å²) in [4.78, 5) is 0. The molecule has 2 heteroatoms. The van der Waals surface area contributed by atoms with Crippen molar-refractivity contribution >= 4 is 43.2 Å². The molecule has 0 atom stereocenters. The summed E-state index contributed by atoms with van der Waals surface area (Å²) in [6.45, 7) is 0. The predicted molar refractivity (Wildman–Crippen MR) is 122 cm³/mol. The summed E-state index contributed by atoms with van der Waals surface area (Å²) in [6.07, 6.45) is 0.